The number of hydrogen-bond donors (Lipinski definition) is 2. The van der Waals surface area contributed by atoms with Crippen LogP contribution < -0.4 is 0 Å². The molecule has 2 aromatic rings. The fourth-order valence-corrected chi connectivity index (χ4v) is 3.93. The molecular weight excluding hydrogens is 412 g/mol. The first-order valence-electron chi connectivity index (χ1n) is 11.3. The Hall–Kier alpha value is -3.50. The van der Waals surface area contributed by atoms with Gasteiger partial charge in [-0.2, -0.15) is 0 Å². The zero-order chi connectivity index (χ0) is 24.4. The van der Waals surface area contributed by atoms with Gasteiger partial charge in [0.2, 0.25) is 0 Å². The number of carboxylic acid groups (broad SMARTS) is 2. The van der Waals surface area contributed by atoms with E-state index in [2.05, 4.69) is 49.7 Å². The molecule has 0 aromatic heterocycles. The van der Waals surface area contributed by atoms with Crippen LogP contribution in [0.4, 0.5) is 0 Å². The van der Waals surface area contributed by atoms with Crippen LogP contribution in [0.1, 0.15) is 62.8 Å². The standard InChI is InChI=1S/C29H32O4/c1-5-21(27(30)31)15-11-17-23-13-7-9-19-25(23)29(3,4)26-20-10-8-14-24(26)18-12-16-22(6-2)28(32)33/h7-10,13-14,19-22H,5-6,17-18H2,1-4H3,(H,30,31)(H,32,33). The lowest BCUT2D eigenvalue weighted by molar-refractivity contribution is -0.140. The van der Waals surface area contributed by atoms with Gasteiger partial charge < -0.3 is 10.2 Å². The normalized spacial score (nSPS) is 12.5. The van der Waals surface area contributed by atoms with E-state index in [0.717, 1.165) is 22.3 Å². The molecule has 0 spiro atoms. The van der Waals surface area contributed by atoms with Gasteiger partial charge in [0, 0.05) is 18.3 Å². The van der Waals surface area contributed by atoms with Crippen molar-refractivity contribution in [2.45, 2.75) is 58.8 Å². The molecule has 0 saturated heterocycles. The Morgan fingerprint density at radius 3 is 1.45 bits per heavy atom. The van der Waals surface area contributed by atoms with Crippen LogP contribution in [0.15, 0.2) is 48.5 Å². The third kappa shape index (κ3) is 6.74. The van der Waals surface area contributed by atoms with E-state index in [0.29, 0.717) is 25.7 Å². The van der Waals surface area contributed by atoms with Gasteiger partial charge in [0.25, 0.3) is 0 Å². The zero-order valence-electron chi connectivity index (χ0n) is 19.8. The minimum absolute atomic E-state index is 0.343. The highest BCUT2D eigenvalue weighted by molar-refractivity contribution is 5.73. The molecule has 0 aliphatic heterocycles. The lowest BCUT2D eigenvalue weighted by Gasteiger charge is -2.30. The predicted octanol–water partition coefficient (Wildman–Crippen LogP) is 5.33. The van der Waals surface area contributed by atoms with Crippen LogP contribution in [0.3, 0.4) is 0 Å². The Morgan fingerprint density at radius 1 is 0.758 bits per heavy atom. The number of hydrogen-bond acceptors (Lipinski definition) is 2. The van der Waals surface area contributed by atoms with Crippen LogP contribution in [0.25, 0.3) is 0 Å². The average molecular weight is 445 g/mol. The van der Waals surface area contributed by atoms with E-state index in [9.17, 15) is 19.8 Å². The monoisotopic (exact) mass is 444 g/mol. The Bertz CT molecular complexity index is 1020. The first-order chi connectivity index (χ1) is 15.7. The van der Waals surface area contributed by atoms with Crippen molar-refractivity contribution in [3.05, 3.63) is 70.8 Å². The van der Waals surface area contributed by atoms with E-state index in [-0.39, 0.29) is 5.41 Å². The second kappa shape index (κ2) is 11.9. The molecule has 172 valence electrons. The topological polar surface area (TPSA) is 74.6 Å². The Kier molecular flexibility index (Phi) is 9.31. The quantitative estimate of drug-likeness (QED) is 0.540. The molecule has 4 heteroatoms. The molecule has 0 radical (unpaired) electrons. The number of carbonyl (C=O) groups is 2. The summed E-state index contributed by atoms with van der Waals surface area (Å²) in [6.45, 7) is 7.96. The largest absolute Gasteiger partial charge is 0.480 e. The average Bonchev–Trinajstić information content (AvgIpc) is 2.79. The second-order valence-corrected chi connectivity index (χ2v) is 8.53. The van der Waals surface area contributed by atoms with Gasteiger partial charge in [0.15, 0.2) is 0 Å². The van der Waals surface area contributed by atoms with Gasteiger partial charge in [-0.1, -0.05) is 99.9 Å². The van der Waals surface area contributed by atoms with Crippen molar-refractivity contribution in [2.24, 2.45) is 11.8 Å². The van der Waals surface area contributed by atoms with E-state index in [4.69, 9.17) is 0 Å². The molecule has 2 aromatic carbocycles. The molecule has 33 heavy (non-hydrogen) atoms. The summed E-state index contributed by atoms with van der Waals surface area (Å²) in [6.07, 6.45) is 1.90. The first-order valence-corrected chi connectivity index (χ1v) is 11.3. The van der Waals surface area contributed by atoms with Gasteiger partial charge in [-0.25, -0.2) is 0 Å². The van der Waals surface area contributed by atoms with Crippen LogP contribution in [-0.2, 0) is 27.8 Å². The summed E-state index contributed by atoms with van der Waals surface area (Å²) in [4.78, 5) is 22.5. The third-order valence-corrected chi connectivity index (χ3v) is 5.90. The third-order valence-electron chi connectivity index (χ3n) is 5.90. The van der Waals surface area contributed by atoms with Gasteiger partial charge in [-0.15, -0.1) is 0 Å². The maximum absolute atomic E-state index is 11.3. The summed E-state index contributed by atoms with van der Waals surface area (Å²) >= 11 is 0. The van der Waals surface area contributed by atoms with E-state index in [1.54, 1.807) is 0 Å². The van der Waals surface area contributed by atoms with Crippen molar-refractivity contribution in [1.82, 2.24) is 0 Å². The molecule has 0 amide bonds. The predicted molar refractivity (Wildman–Crippen MR) is 131 cm³/mol. The lowest BCUT2D eigenvalue weighted by Crippen LogP contribution is -2.23. The second-order valence-electron chi connectivity index (χ2n) is 8.53. The number of benzene rings is 2. The molecule has 2 N–H and O–H groups in total. The van der Waals surface area contributed by atoms with Crippen molar-refractivity contribution in [1.29, 1.82) is 0 Å². The van der Waals surface area contributed by atoms with Crippen LogP contribution in [0, 0.1) is 35.5 Å². The van der Waals surface area contributed by atoms with Gasteiger partial charge in [0.1, 0.15) is 11.8 Å². The van der Waals surface area contributed by atoms with E-state index in [1.807, 2.05) is 50.2 Å². The summed E-state index contributed by atoms with van der Waals surface area (Å²) < 4.78 is 0. The van der Waals surface area contributed by atoms with Crippen LogP contribution in [0.5, 0.6) is 0 Å². The summed E-state index contributed by atoms with van der Waals surface area (Å²) in [6, 6.07) is 16.2. The Morgan fingerprint density at radius 2 is 1.12 bits per heavy atom. The molecule has 0 aliphatic carbocycles. The van der Waals surface area contributed by atoms with Crippen LogP contribution >= 0.6 is 0 Å². The highest BCUT2D eigenvalue weighted by Crippen LogP contribution is 2.36. The molecule has 2 rings (SSSR count). The van der Waals surface area contributed by atoms with Gasteiger partial charge in [-0.3, -0.25) is 9.59 Å². The molecule has 2 atom stereocenters. The molecule has 0 aliphatic rings. The van der Waals surface area contributed by atoms with Gasteiger partial charge in [0.05, 0.1) is 0 Å². The van der Waals surface area contributed by atoms with E-state index >= 15 is 0 Å². The van der Waals surface area contributed by atoms with Crippen LogP contribution in [0.2, 0.25) is 0 Å². The fourth-order valence-electron chi connectivity index (χ4n) is 3.93. The SMILES string of the molecule is CCC(C#CCc1ccccc1C(C)(C)c1ccccc1CC#CC(CC)C(=O)O)C(=O)O. The van der Waals surface area contributed by atoms with Gasteiger partial charge in [-0.05, 0) is 35.1 Å². The summed E-state index contributed by atoms with van der Waals surface area (Å²) in [5.41, 5.74) is 4.03. The summed E-state index contributed by atoms with van der Waals surface area (Å²) in [5.74, 6) is 8.83. The molecule has 2 unspecified atom stereocenters. The van der Waals surface area contributed by atoms with Crippen molar-refractivity contribution < 1.29 is 19.8 Å². The number of rotatable bonds is 8. The maximum Gasteiger partial charge on any atom is 0.318 e. The van der Waals surface area contributed by atoms with E-state index in [1.165, 1.54) is 0 Å². The maximum atomic E-state index is 11.3. The molecule has 0 bridgehead atoms. The lowest BCUT2D eigenvalue weighted by atomic mass is 9.73. The smallest absolute Gasteiger partial charge is 0.318 e. The fraction of sp³-hybridized carbons (Fsp3) is 0.379. The molecule has 0 saturated carbocycles. The number of carboxylic acids is 2. The zero-order valence-corrected chi connectivity index (χ0v) is 19.8. The number of aliphatic carboxylic acids is 2. The molecule has 0 fully saturated rings. The van der Waals surface area contributed by atoms with Crippen molar-refractivity contribution in [3.8, 4) is 23.7 Å². The van der Waals surface area contributed by atoms with Crippen molar-refractivity contribution in [2.75, 3.05) is 0 Å². The van der Waals surface area contributed by atoms with Crippen molar-refractivity contribution in [3.63, 3.8) is 0 Å². The van der Waals surface area contributed by atoms with Crippen LogP contribution in [-0.4, -0.2) is 22.2 Å². The highest BCUT2D eigenvalue weighted by atomic mass is 16.4. The van der Waals surface area contributed by atoms with E-state index < -0.39 is 23.8 Å². The minimum Gasteiger partial charge on any atom is -0.480 e. The first kappa shape index (κ1) is 25.8. The molecular formula is C29H32O4. The van der Waals surface area contributed by atoms with Gasteiger partial charge >= 0.3 is 11.9 Å². The Labute approximate surface area is 197 Å². The Balaban J connectivity index is 2.39. The molecule has 0 heterocycles. The van der Waals surface area contributed by atoms with Crippen molar-refractivity contribution >= 4 is 11.9 Å². The summed E-state index contributed by atoms with van der Waals surface area (Å²) in [7, 11) is 0. The highest BCUT2D eigenvalue weighted by Gasteiger charge is 2.27. The molecule has 4 nitrogen and oxygen atoms in total. The minimum atomic E-state index is -0.887. The summed E-state index contributed by atoms with van der Waals surface area (Å²) in [5, 5.41) is 18.5.